The maximum Gasteiger partial charge on any atom is 0.0619 e. The third kappa shape index (κ3) is 5.09. The summed E-state index contributed by atoms with van der Waals surface area (Å²) in [6, 6.07) is 78.0. The summed E-state index contributed by atoms with van der Waals surface area (Å²) in [5.74, 6) is 0. The first-order chi connectivity index (χ1) is 29.5. The van der Waals surface area contributed by atoms with Gasteiger partial charge in [-0.3, -0.25) is 0 Å². The second-order valence-electron chi connectivity index (χ2n) is 16.6. The summed E-state index contributed by atoms with van der Waals surface area (Å²) in [5, 5.41) is 4.96. The van der Waals surface area contributed by atoms with Crippen LogP contribution in [0, 0.1) is 0 Å². The van der Waals surface area contributed by atoms with Gasteiger partial charge in [0.2, 0.25) is 0 Å². The standard InChI is InChI=1S/C57H41N3/c1-57(2)51-28-13-9-22-45(51)46-33-32-41(37-52(46)57)58(39-18-5-3-6-19-39)42-34-38(35-43(36-42)59-53-29-14-10-23-47(53)48-24-11-15-30-54(48)59)44-26-17-27-50-49-25-12-16-31-55(49)60(56(44)50)40-20-7-4-8-21-40/h3-37H,1-2H3. The van der Waals surface area contributed by atoms with Crippen LogP contribution in [0.4, 0.5) is 17.1 Å². The SMILES string of the molecule is CC1(C)c2ccccc2-c2ccc(N(c3ccccc3)c3cc(-c4cccc5c6ccccc6n(-c6ccccc6)c45)cc(-n4c5ccccc5c5ccccc54)c3)cc21. The number of nitrogens with zero attached hydrogens (tertiary/aromatic N) is 3. The van der Waals surface area contributed by atoms with Crippen LogP contribution >= 0.6 is 0 Å². The Bertz CT molecular complexity index is 3410. The quantitative estimate of drug-likeness (QED) is 0.164. The highest BCUT2D eigenvalue weighted by atomic mass is 15.1. The van der Waals surface area contributed by atoms with Crippen molar-refractivity contribution in [1.29, 1.82) is 0 Å². The lowest BCUT2D eigenvalue weighted by molar-refractivity contribution is 0.660. The van der Waals surface area contributed by atoms with Gasteiger partial charge in [0.05, 0.1) is 22.1 Å². The largest absolute Gasteiger partial charge is 0.310 e. The Balaban J connectivity index is 1.18. The van der Waals surface area contributed by atoms with Crippen LogP contribution in [-0.4, -0.2) is 9.13 Å². The maximum absolute atomic E-state index is 2.45. The van der Waals surface area contributed by atoms with E-state index in [0.717, 1.165) is 34.0 Å². The van der Waals surface area contributed by atoms with Crippen LogP contribution in [0.25, 0.3) is 77.2 Å². The first kappa shape index (κ1) is 34.4. The molecule has 12 rings (SSSR count). The summed E-state index contributed by atoms with van der Waals surface area (Å²) in [6.07, 6.45) is 0. The molecule has 0 radical (unpaired) electrons. The van der Waals surface area contributed by atoms with Gasteiger partial charge in [-0.15, -0.1) is 0 Å². The van der Waals surface area contributed by atoms with Crippen molar-refractivity contribution in [3.63, 3.8) is 0 Å². The van der Waals surface area contributed by atoms with E-state index in [2.05, 4.69) is 240 Å². The molecule has 0 bridgehead atoms. The Labute approximate surface area is 349 Å². The fourth-order valence-corrected chi connectivity index (χ4v) is 10.2. The molecule has 0 saturated carbocycles. The van der Waals surface area contributed by atoms with E-state index in [1.165, 1.54) is 71.4 Å². The van der Waals surface area contributed by atoms with E-state index in [-0.39, 0.29) is 5.41 Å². The number of anilines is 3. The molecule has 0 amide bonds. The van der Waals surface area contributed by atoms with Crippen LogP contribution in [0.15, 0.2) is 212 Å². The molecule has 0 saturated heterocycles. The molecule has 0 N–H and O–H groups in total. The van der Waals surface area contributed by atoms with Gasteiger partial charge in [-0.1, -0.05) is 153 Å². The van der Waals surface area contributed by atoms with Crippen molar-refractivity contribution in [1.82, 2.24) is 9.13 Å². The van der Waals surface area contributed by atoms with Crippen molar-refractivity contribution in [3.05, 3.63) is 223 Å². The van der Waals surface area contributed by atoms with Gasteiger partial charge in [0.25, 0.3) is 0 Å². The van der Waals surface area contributed by atoms with Gasteiger partial charge in [0.15, 0.2) is 0 Å². The van der Waals surface area contributed by atoms with Crippen molar-refractivity contribution in [2.24, 2.45) is 0 Å². The topological polar surface area (TPSA) is 13.1 Å². The highest BCUT2D eigenvalue weighted by Gasteiger charge is 2.36. The second kappa shape index (κ2) is 13.2. The molecule has 0 unspecified atom stereocenters. The summed E-state index contributed by atoms with van der Waals surface area (Å²) < 4.78 is 4.90. The highest BCUT2D eigenvalue weighted by Crippen LogP contribution is 2.51. The fraction of sp³-hybridized carbons (Fsp3) is 0.0526. The van der Waals surface area contributed by atoms with Gasteiger partial charge in [-0.2, -0.15) is 0 Å². The van der Waals surface area contributed by atoms with E-state index in [1.54, 1.807) is 0 Å². The molecule has 9 aromatic carbocycles. The molecule has 0 atom stereocenters. The molecule has 0 aliphatic heterocycles. The van der Waals surface area contributed by atoms with Crippen molar-refractivity contribution < 1.29 is 0 Å². The lowest BCUT2D eigenvalue weighted by Gasteiger charge is -2.29. The zero-order chi connectivity index (χ0) is 40.0. The predicted octanol–water partition coefficient (Wildman–Crippen LogP) is 15.3. The van der Waals surface area contributed by atoms with Crippen molar-refractivity contribution in [2.45, 2.75) is 19.3 Å². The van der Waals surface area contributed by atoms with E-state index < -0.39 is 0 Å². The minimum atomic E-state index is -0.138. The molecule has 0 fully saturated rings. The lowest BCUT2D eigenvalue weighted by atomic mass is 9.82. The average molecular weight is 768 g/mol. The Morgan fingerprint density at radius 1 is 0.350 bits per heavy atom. The number of para-hydroxylation sites is 6. The monoisotopic (exact) mass is 767 g/mol. The summed E-state index contributed by atoms with van der Waals surface area (Å²) in [6.45, 7) is 4.73. The average Bonchev–Trinajstić information content (AvgIpc) is 3.90. The van der Waals surface area contributed by atoms with Crippen LogP contribution in [0.1, 0.15) is 25.0 Å². The van der Waals surface area contributed by atoms with Crippen molar-refractivity contribution >= 4 is 60.7 Å². The normalized spacial score (nSPS) is 13.0. The van der Waals surface area contributed by atoms with E-state index in [1.807, 2.05) is 0 Å². The van der Waals surface area contributed by atoms with Crippen LogP contribution in [-0.2, 0) is 5.41 Å². The maximum atomic E-state index is 2.45. The molecular formula is C57H41N3. The molecular weight excluding hydrogens is 727 g/mol. The van der Waals surface area contributed by atoms with Gasteiger partial charge >= 0.3 is 0 Å². The van der Waals surface area contributed by atoms with Gasteiger partial charge < -0.3 is 14.0 Å². The van der Waals surface area contributed by atoms with Crippen LogP contribution in [0.2, 0.25) is 0 Å². The van der Waals surface area contributed by atoms with Gasteiger partial charge in [0, 0.05) is 61.0 Å². The number of benzene rings is 9. The van der Waals surface area contributed by atoms with E-state index >= 15 is 0 Å². The molecule has 3 heteroatoms. The Morgan fingerprint density at radius 3 is 1.62 bits per heavy atom. The zero-order valence-electron chi connectivity index (χ0n) is 33.5. The van der Waals surface area contributed by atoms with E-state index in [0.29, 0.717) is 0 Å². The first-order valence-electron chi connectivity index (χ1n) is 20.9. The lowest BCUT2D eigenvalue weighted by Crippen LogP contribution is -2.16. The van der Waals surface area contributed by atoms with Crippen molar-refractivity contribution in [2.75, 3.05) is 4.90 Å². The molecule has 2 aromatic heterocycles. The predicted molar refractivity (Wildman–Crippen MR) is 253 cm³/mol. The molecule has 284 valence electrons. The molecule has 11 aromatic rings. The number of rotatable bonds is 6. The molecule has 1 aliphatic rings. The molecule has 2 heterocycles. The van der Waals surface area contributed by atoms with E-state index in [9.17, 15) is 0 Å². The van der Waals surface area contributed by atoms with Gasteiger partial charge in [-0.25, -0.2) is 0 Å². The van der Waals surface area contributed by atoms with Gasteiger partial charge in [0.1, 0.15) is 0 Å². The number of hydrogen-bond donors (Lipinski definition) is 0. The third-order valence-electron chi connectivity index (χ3n) is 12.9. The minimum Gasteiger partial charge on any atom is -0.310 e. The van der Waals surface area contributed by atoms with Crippen molar-refractivity contribution in [3.8, 4) is 33.6 Å². The summed E-state index contributed by atoms with van der Waals surface area (Å²) >= 11 is 0. The first-order valence-corrected chi connectivity index (χ1v) is 20.9. The highest BCUT2D eigenvalue weighted by molar-refractivity contribution is 6.14. The smallest absolute Gasteiger partial charge is 0.0619 e. The van der Waals surface area contributed by atoms with Crippen LogP contribution < -0.4 is 4.90 Å². The summed E-state index contributed by atoms with van der Waals surface area (Å²) in [7, 11) is 0. The van der Waals surface area contributed by atoms with Crippen LogP contribution in [0.5, 0.6) is 0 Å². The molecule has 3 nitrogen and oxygen atoms in total. The molecule has 60 heavy (non-hydrogen) atoms. The van der Waals surface area contributed by atoms with E-state index in [4.69, 9.17) is 0 Å². The zero-order valence-corrected chi connectivity index (χ0v) is 33.5. The van der Waals surface area contributed by atoms with Crippen LogP contribution in [0.3, 0.4) is 0 Å². The number of hydrogen-bond acceptors (Lipinski definition) is 1. The Kier molecular flexibility index (Phi) is 7.58. The van der Waals surface area contributed by atoms with Gasteiger partial charge in [-0.05, 0) is 101 Å². The third-order valence-corrected chi connectivity index (χ3v) is 12.9. The summed E-state index contributed by atoms with van der Waals surface area (Å²) in [5.41, 5.74) is 17.9. The number of aromatic nitrogens is 2. The second-order valence-corrected chi connectivity index (χ2v) is 16.6. The molecule has 1 aliphatic carbocycles. The Morgan fingerprint density at radius 2 is 0.900 bits per heavy atom. The summed E-state index contributed by atoms with van der Waals surface area (Å²) in [4.78, 5) is 2.45. The molecule has 0 spiro atoms. The Hall–Kier alpha value is -7.62. The fourth-order valence-electron chi connectivity index (χ4n) is 10.2. The minimum absolute atomic E-state index is 0.138. The number of fused-ring (bicyclic) bond motifs is 9.